The fraction of sp³-hybridized carbons (Fsp3) is 0.429. The number of amides is 1. The standard InChI is InChI=1S/C14H17N3OS2/c1-10-3-8-19-11(10)9-12-13(18)15-14(20-12)17-6-4-16(2)5-7-17/h3,8-9H,4-7H2,1-2H3/p+1/b12-9+. The molecule has 4 nitrogen and oxygen atoms in total. The zero-order chi connectivity index (χ0) is 14.1. The topological polar surface area (TPSA) is 37.1 Å². The van der Waals surface area contributed by atoms with Crippen molar-refractivity contribution in [3.8, 4) is 0 Å². The van der Waals surface area contributed by atoms with Gasteiger partial charge in [0, 0.05) is 4.88 Å². The Labute approximate surface area is 127 Å². The molecular weight excluding hydrogens is 290 g/mol. The summed E-state index contributed by atoms with van der Waals surface area (Å²) in [5, 5.41) is 2.93. The molecule has 0 bridgehead atoms. The van der Waals surface area contributed by atoms with Gasteiger partial charge >= 0.3 is 0 Å². The van der Waals surface area contributed by atoms with Gasteiger partial charge in [-0.3, -0.25) is 4.79 Å². The molecule has 6 heteroatoms. The first-order valence-corrected chi connectivity index (χ1v) is 8.46. The maximum Gasteiger partial charge on any atom is 0.286 e. The fourth-order valence-corrected chi connectivity index (χ4v) is 4.14. The number of hydrogen-bond donors (Lipinski definition) is 1. The van der Waals surface area contributed by atoms with Gasteiger partial charge in [0.15, 0.2) is 5.17 Å². The molecule has 1 N–H and O–H groups in total. The second-order valence-corrected chi connectivity index (χ2v) is 7.18. The molecule has 0 atom stereocenters. The summed E-state index contributed by atoms with van der Waals surface area (Å²) in [6, 6.07) is 2.08. The minimum Gasteiger partial charge on any atom is -0.339 e. The van der Waals surface area contributed by atoms with Gasteiger partial charge in [-0.05, 0) is 41.8 Å². The lowest BCUT2D eigenvalue weighted by molar-refractivity contribution is -0.883. The van der Waals surface area contributed by atoms with E-state index < -0.39 is 0 Å². The number of quaternary nitrogens is 1. The van der Waals surface area contributed by atoms with Crippen molar-refractivity contribution >= 4 is 40.2 Å². The van der Waals surface area contributed by atoms with Gasteiger partial charge in [-0.2, -0.15) is 4.99 Å². The van der Waals surface area contributed by atoms with E-state index >= 15 is 0 Å². The Morgan fingerprint density at radius 3 is 2.80 bits per heavy atom. The number of carbonyl (C=O) groups excluding carboxylic acids is 1. The Hall–Kier alpha value is -1.11. The summed E-state index contributed by atoms with van der Waals surface area (Å²) >= 11 is 3.18. The van der Waals surface area contributed by atoms with E-state index in [0.29, 0.717) is 0 Å². The number of thioether (sulfide) groups is 1. The first-order chi connectivity index (χ1) is 9.63. The molecule has 0 unspecified atom stereocenters. The summed E-state index contributed by atoms with van der Waals surface area (Å²) in [6.07, 6.45) is 1.98. The maximum atomic E-state index is 12.0. The molecule has 2 aliphatic heterocycles. The molecule has 1 aromatic heterocycles. The van der Waals surface area contributed by atoms with Gasteiger partial charge in [-0.15, -0.1) is 11.3 Å². The number of carbonyl (C=O) groups is 1. The van der Waals surface area contributed by atoms with E-state index in [-0.39, 0.29) is 5.91 Å². The predicted octanol–water partition coefficient (Wildman–Crippen LogP) is 0.857. The van der Waals surface area contributed by atoms with E-state index in [9.17, 15) is 4.79 Å². The van der Waals surface area contributed by atoms with Crippen molar-refractivity contribution in [2.45, 2.75) is 6.92 Å². The molecule has 20 heavy (non-hydrogen) atoms. The fourth-order valence-electron chi connectivity index (χ4n) is 2.26. The number of nitrogens with one attached hydrogen (secondary N) is 1. The first-order valence-electron chi connectivity index (χ1n) is 6.76. The van der Waals surface area contributed by atoms with Gasteiger partial charge in [-0.25, -0.2) is 0 Å². The van der Waals surface area contributed by atoms with Crippen LogP contribution in [0.4, 0.5) is 0 Å². The van der Waals surface area contributed by atoms with E-state index in [4.69, 9.17) is 0 Å². The van der Waals surface area contributed by atoms with Crippen LogP contribution in [0.2, 0.25) is 0 Å². The minimum absolute atomic E-state index is 0.0934. The number of thiophene rings is 1. The average Bonchev–Trinajstić information content (AvgIpc) is 2.99. The van der Waals surface area contributed by atoms with E-state index in [1.807, 2.05) is 6.08 Å². The first kappa shape index (κ1) is 13.9. The summed E-state index contributed by atoms with van der Waals surface area (Å²) in [4.78, 5) is 21.9. The molecule has 3 heterocycles. The van der Waals surface area contributed by atoms with E-state index in [1.165, 1.54) is 17.3 Å². The summed E-state index contributed by atoms with van der Waals surface area (Å²) in [5.74, 6) is -0.0934. The molecule has 0 aliphatic carbocycles. The molecule has 0 radical (unpaired) electrons. The summed E-state index contributed by atoms with van der Waals surface area (Å²) < 4.78 is 0. The van der Waals surface area contributed by atoms with Gasteiger partial charge in [-0.1, -0.05) is 0 Å². The van der Waals surface area contributed by atoms with Gasteiger partial charge in [0.05, 0.1) is 38.1 Å². The van der Waals surface area contributed by atoms with Crippen LogP contribution in [-0.4, -0.2) is 49.2 Å². The third kappa shape index (κ3) is 2.82. The zero-order valence-electron chi connectivity index (χ0n) is 11.7. The normalized spacial score (nSPS) is 22.7. The number of likely N-dealkylation sites (N-methyl/N-ethyl adjacent to an activating group) is 1. The largest absolute Gasteiger partial charge is 0.339 e. The van der Waals surface area contributed by atoms with Crippen LogP contribution in [0.5, 0.6) is 0 Å². The van der Waals surface area contributed by atoms with Gasteiger partial charge in [0.1, 0.15) is 0 Å². The number of amidine groups is 1. The van der Waals surface area contributed by atoms with Gasteiger partial charge in [0.25, 0.3) is 5.91 Å². The lowest BCUT2D eigenvalue weighted by Crippen LogP contribution is -3.12. The van der Waals surface area contributed by atoms with E-state index in [2.05, 4.69) is 35.3 Å². The Kier molecular flexibility index (Phi) is 3.96. The predicted molar refractivity (Wildman–Crippen MR) is 85.3 cm³/mol. The quantitative estimate of drug-likeness (QED) is 0.782. The van der Waals surface area contributed by atoms with Crippen LogP contribution >= 0.6 is 23.1 Å². The molecule has 1 aromatic rings. The second-order valence-electron chi connectivity index (χ2n) is 5.22. The monoisotopic (exact) mass is 308 g/mol. The highest BCUT2D eigenvalue weighted by atomic mass is 32.2. The van der Waals surface area contributed by atoms with Crippen molar-refractivity contribution in [1.82, 2.24) is 4.90 Å². The summed E-state index contributed by atoms with van der Waals surface area (Å²) in [6.45, 7) is 6.25. The SMILES string of the molecule is Cc1ccsc1/C=C1/SC(N2CC[NH+](C)CC2)=NC1=O. The maximum absolute atomic E-state index is 12.0. The van der Waals surface area contributed by atoms with Crippen LogP contribution in [0.15, 0.2) is 21.3 Å². The van der Waals surface area contributed by atoms with Crippen LogP contribution in [0, 0.1) is 6.92 Å². The molecule has 1 amide bonds. The lowest BCUT2D eigenvalue weighted by Gasteiger charge is -2.30. The number of nitrogens with zero attached hydrogens (tertiary/aromatic N) is 2. The highest BCUT2D eigenvalue weighted by Gasteiger charge is 2.28. The number of aliphatic imine (C=N–C) groups is 1. The minimum atomic E-state index is -0.0934. The molecule has 2 aliphatic rings. The molecule has 0 aromatic carbocycles. The van der Waals surface area contributed by atoms with E-state index in [0.717, 1.165) is 41.1 Å². The molecule has 0 saturated carbocycles. The van der Waals surface area contributed by atoms with Crippen molar-refractivity contribution < 1.29 is 9.69 Å². The van der Waals surface area contributed by atoms with Crippen LogP contribution in [0.25, 0.3) is 6.08 Å². The van der Waals surface area contributed by atoms with Gasteiger partial charge < -0.3 is 9.80 Å². The summed E-state index contributed by atoms with van der Waals surface area (Å²) in [7, 11) is 2.21. The molecule has 1 fully saturated rings. The number of hydrogen-bond acceptors (Lipinski definition) is 4. The van der Waals surface area contributed by atoms with Crippen LogP contribution < -0.4 is 4.90 Å². The van der Waals surface area contributed by atoms with Crippen molar-refractivity contribution in [1.29, 1.82) is 0 Å². The van der Waals surface area contributed by atoms with Crippen molar-refractivity contribution in [2.24, 2.45) is 4.99 Å². The second kappa shape index (κ2) is 5.71. The number of rotatable bonds is 1. The highest BCUT2D eigenvalue weighted by molar-refractivity contribution is 8.18. The zero-order valence-corrected chi connectivity index (χ0v) is 13.3. The Bertz CT molecular complexity index is 583. The van der Waals surface area contributed by atoms with Crippen molar-refractivity contribution in [3.63, 3.8) is 0 Å². The van der Waals surface area contributed by atoms with E-state index in [1.54, 1.807) is 16.2 Å². The number of aryl methyl sites for hydroxylation is 1. The summed E-state index contributed by atoms with van der Waals surface area (Å²) in [5.41, 5.74) is 1.22. The Morgan fingerprint density at radius 1 is 1.40 bits per heavy atom. The molecule has 106 valence electrons. The third-order valence-electron chi connectivity index (χ3n) is 3.66. The third-order valence-corrected chi connectivity index (χ3v) is 5.67. The number of piperazine rings is 1. The Balaban J connectivity index is 1.73. The average molecular weight is 308 g/mol. The molecule has 0 spiro atoms. The smallest absolute Gasteiger partial charge is 0.286 e. The van der Waals surface area contributed by atoms with Crippen LogP contribution in [0.1, 0.15) is 10.4 Å². The molecular formula is C14H18N3OS2+. The Morgan fingerprint density at radius 2 is 2.15 bits per heavy atom. The molecule has 3 rings (SSSR count). The molecule has 1 saturated heterocycles. The van der Waals surface area contributed by atoms with Gasteiger partial charge in [0.2, 0.25) is 0 Å². The highest BCUT2D eigenvalue weighted by Crippen LogP contribution is 2.32. The van der Waals surface area contributed by atoms with Crippen molar-refractivity contribution in [2.75, 3.05) is 33.2 Å². The van der Waals surface area contributed by atoms with Crippen LogP contribution in [0.3, 0.4) is 0 Å². The lowest BCUT2D eigenvalue weighted by atomic mass is 10.3. The van der Waals surface area contributed by atoms with Crippen LogP contribution in [-0.2, 0) is 4.79 Å². The van der Waals surface area contributed by atoms with Crippen molar-refractivity contribution in [3.05, 3.63) is 26.8 Å².